The van der Waals surface area contributed by atoms with Crippen molar-refractivity contribution in [3.63, 3.8) is 0 Å². The van der Waals surface area contributed by atoms with Crippen LogP contribution in [0.4, 0.5) is 0 Å². The molecule has 1 aliphatic rings. The number of rotatable bonds is 3. The van der Waals surface area contributed by atoms with Crippen LogP contribution >= 0.6 is 0 Å². The molecule has 0 aromatic carbocycles. The summed E-state index contributed by atoms with van der Waals surface area (Å²) in [5.74, 6) is 0. The van der Waals surface area contributed by atoms with E-state index in [0.29, 0.717) is 0 Å². The van der Waals surface area contributed by atoms with Crippen molar-refractivity contribution in [2.45, 2.75) is 33.6 Å². The van der Waals surface area contributed by atoms with E-state index < -0.39 is 0 Å². The Morgan fingerprint density at radius 1 is 1.40 bits per heavy atom. The lowest BCUT2D eigenvalue weighted by Gasteiger charge is -2.09. The van der Waals surface area contributed by atoms with Gasteiger partial charge in [0, 0.05) is 0 Å². The first-order valence-corrected chi connectivity index (χ1v) is 5.48. The van der Waals surface area contributed by atoms with Crippen molar-refractivity contribution in [3.05, 3.63) is 59.3 Å². The van der Waals surface area contributed by atoms with Crippen molar-refractivity contribution < 1.29 is 0 Å². The van der Waals surface area contributed by atoms with Gasteiger partial charge < -0.3 is 0 Å². The summed E-state index contributed by atoms with van der Waals surface area (Å²) in [4.78, 5) is 0. The minimum atomic E-state index is 0.961. The zero-order chi connectivity index (χ0) is 11.3. The fourth-order valence-corrected chi connectivity index (χ4v) is 1.89. The van der Waals surface area contributed by atoms with E-state index in [-0.39, 0.29) is 0 Å². The Morgan fingerprint density at radius 3 is 2.73 bits per heavy atom. The quantitative estimate of drug-likeness (QED) is 0.578. The molecule has 0 nitrogen and oxygen atoms in total. The summed E-state index contributed by atoms with van der Waals surface area (Å²) in [6, 6.07) is 0. The van der Waals surface area contributed by atoms with E-state index in [1.165, 1.54) is 22.3 Å². The standard InChI is InChI=1S/C15H20/c1-5-7-14(6-2)15-9-8-12(3)10-13(4)11-15/h5-6,8-10H,1,7,11H2,2-4H3/b14-6-. The highest BCUT2D eigenvalue weighted by Crippen LogP contribution is 2.25. The highest BCUT2D eigenvalue weighted by molar-refractivity contribution is 5.42. The minimum Gasteiger partial charge on any atom is -0.103 e. The number of allylic oxidation sites excluding steroid dienone is 9. The second-order valence-electron chi connectivity index (χ2n) is 4.08. The fourth-order valence-electron chi connectivity index (χ4n) is 1.89. The predicted molar refractivity (Wildman–Crippen MR) is 68.8 cm³/mol. The summed E-state index contributed by atoms with van der Waals surface area (Å²) < 4.78 is 0. The molecule has 0 aromatic rings. The first-order chi connectivity index (χ1) is 7.17. The molecule has 0 saturated carbocycles. The van der Waals surface area contributed by atoms with Gasteiger partial charge in [0.25, 0.3) is 0 Å². The molecule has 0 saturated heterocycles. The van der Waals surface area contributed by atoms with Crippen LogP contribution in [-0.2, 0) is 0 Å². The molecule has 0 spiro atoms. The average Bonchev–Trinajstić information content (AvgIpc) is 2.36. The SMILES string of the molecule is C=CC/C(=C/C)C1=CC=C(C)C=C(C)C1. The second-order valence-corrected chi connectivity index (χ2v) is 4.08. The zero-order valence-electron chi connectivity index (χ0n) is 10.0. The molecule has 0 heteroatoms. The van der Waals surface area contributed by atoms with Gasteiger partial charge >= 0.3 is 0 Å². The van der Waals surface area contributed by atoms with Gasteiger partial charge in [0.2, 0.25) is 0 Å². The van der Waals surface area contributed by atoms with Crippen molar-refractivity contribution in [2.75, 3.05) is 0 Å². The van der Waals surface area contributed by atoms with Gasteiger partial charge in [-0.2, -0.15) is 0 Å². The molecule has 0 aliphatic heterocycles. The molecular formula is C15H20. The van der Waals surface area contributed by atoms with Gasteiger partial charge in [-0.3, -0.25) is 0 Å². The van der Waals surface area contributed by atoms with Crippen LogP contribution in [0.2, 0.25) is 0 Å². The Kier molecular flexibility index (Phi) is 4.36. The minimum absolute atomic E-state index is 0.961. The van der Waals surface area contributed by atoms with Crippen LogP contribution in [-0.4, -0.2) is 0 Å². The molecule has 0 aromatic heterocycles. The molecule has 0 fully saturated rings. The van der Waals surface area contributed by atoms with E-state index in [1.54, 1.807) is 0 Å². The Hall–Kier alpha value is -1.30. The van der Waals surface area contributed by atoms with Crippen LogP contribution in [0.3, 0.4) is 0 Å². The van der Waals surface area contributed by atoms with Crippen LogP contribution in [0, 0.1) is 0 Å². The molecule has 1 aliphatic carbocycles. The van der Waals surface area contributed by atoms with Crippen molar-refractivity contribution in [1.29, 1.82) is 0 Å². The smallest absolute Gasteiger partial charge is 0.00639 e. The predicted octanol–water partition coefficient (Wildman–Crippen LogP) is 4.73. The third kappa shape index (κ3) is 3.39. The number of hydrogen-bond donors (Lipinski definition) is 0. The summed E-state index contributed by atoms with van der Waals surface area (Å²) in [6.07, 6.45) is 12.9. The molecule has 80 valence electrons. The van der Waals surface area contributed by atoms with Crippen LogP contribution in [0.25, 0.3) is 0 Å². The van der Waals surface area contributed by atoms with Crippen molar-refractivity contribution in [2.24, 2.45) is 0 Å². The Bertz CT molecular complexity index is 359. The highest BCUT2D eigenvalue weighted by Gasteiger charge is 2.05. The molecule has 0 amide bonds. The largest absolute Gasteiger partial charge is 0.103 e. The summed E-state index contributed by atoms with van der Waals surface area (Å²) >= 11 is 0. The summed E-state index contributed by atoms with van der Waals surface area (Å²) in [5.41, 5.74) is 5.57. The zero-order valence-corrected chi connectivity index (χ0v) is 10.0. The average molecular weight is 200 g/mol. The molecule has 15 heavy (non-hydrogen) atoms. The fraction of sp³-hybridized carbons (Fsp3) is 0.333. The van der Waals surface area contributed by atoms with Crippen molar-refractivity contribution in [1.82, 2.24) is 0 Å². The maximum absolute atomic E-state index is 3.80. The Balaban J connectivity index is 2.97. The van der Waals surface area contributed by atoms with E-state index in [2.05, 4.69) is 51.7 Å². The summed E-state index contributed by atoms with van der Waals surface area (Å²) in [5, 5.41) is 0. The first-order valence-electron chi connectivity index (χ1n) is 5.48. The molecule has 0 radical (unpaired) electrons. The van der Waals surface area contributed by atoms with Gasteiger partial charge in [0.1, 0.15) is 0 Å². The monoisotopic (exact) mass is 200 g/mol. The van der Waals surface area contributed by atoms with E-state index >= 15 is 0 Å². The van der Waals surface area contributed by atoms with Gasteiger partial charge in [-0.15, -0.1) is 6.58 Å². The number of hydrogen-bond acceptors (Lipinski definition) is 0. The van der Waals surface area contributed by atoms with Crippen LogP contribution < -0.4 is 0 Å². The van der Waals surface area contributed by atoms with E-state index in [4.69, 9.17) is 0 Å². The molecule has 0 bridgehead atoms. The summed E-state index contributed by atoms with van der Waals surface area (Å²) in [6.45, 7) is 10.2. The third-order valence-corrected chi connectivity index (χ3v) is 2.62. The first kappa shape index (κ1) is 11.8. The van der Waals surface area contributed by atoms with Gasteiger partial charge in [-0.1, -0.05) is 41.5 Å². The molecule has 1 rings (SSSR count). The van der Waals surface area contributed by atoms with E-state index in [9.17, 15) is 0 Å². The van der Waals surface area contributed by atoms with Gasteiger partial charge in [-0.25, -0.2) is 0 Å². The van der Waals surface area contributed by atoms with E-state index in [0.717, 1.165) is 12.8 Å². The van der Waals surface area contributed by atoms with Crippen LogP contribution in [0.5, 0.6) is 0 Å². The van der Waals surface area contributed by atoms with Crippen LogP contribution in [0.1, 0.15) is 33.6 Å². The maximum atomic E-state index is 3.80. The van der Waals surface area contributed by atoms with Crippen molar-refractivity contribution in [3.8, 4) is 0 Å². The van der Waals surface area contributed by atoms with Gasteiger partial charge in [0.05, 0.1) is 0 Å². The van der Waals surface area contributed by atoms with Crippen molar-refractivity contribution >= 4 is 0 Å². The lowest BCUT2D eigenvalue weighted by Crippen LogP contribution is -1.89. The maximum Gasteiger partial charge on any atom is -0.00639 e. The Labute approximate surface area is 93.4 Å². The third-order valence-electron chi connectivity index (χ3n) is 2.62. The molecule has 0 heterocycles. The second kappa shape index (κ2) is 5.55. The van der Waals surface area contributed by atoms with E-state index in [1.807, 2.05) is 6.08 Å². The topological polar surface area (TPSA) is 0 Å². The van der Waals surface area contributed by atoms with Gasteiger partial charge in [-0.05, 0) is 44.8 Å². The lowest BCUT2D eigenvalue weighted by atomic mass is 9.96. The molecule has 0 N–H and O–H groups in total. The Morgan fingerprint density at radius 2 is 2.13 bits per heavy atom. The van der Waals surface area contributed by atoms with Crippen LogP contribution in [0.15, 0.2) is 59.3 Å². The van der Waals surface area contributed by atoms with Gasteiger partial charge in [0.15, 0.2) is 0 Å². The normalized spacial score (nSPS) is 17.5. The lowest BCUT2D eigenvalue weighted by molar-refractivity contribution is 1.08. The highest BCUT2D eigenvalue weighted by atomic mass is 14.1. The molecular weight excluding hydrogens is 180 g/mol. The molecule has 0 atom stereocenters. The molecule has 0 unspecified atom stereocenters. The summed E-state index contributed by atoms with van der Waals surface area (Å²) in [7, 11) is 0.